The molecule has 1 fully saturated rings. The van der Waals surface area contributed by atoms with E-state index in [1.165, 1.54) is 6.92 Å². The summed E-state index contributed by atoms with van der Waals surface area (Å²) >= 11 is 0. The molecule has 7 nitrogen and oxygen atoms in total. The lowest BCUT2D eigenvalue weighted by Crippen LogP contribution is -2.64. The lowest BCUT2D eigenvalue weighted by Gasteiger charge is -2.42. The first-order chi connectivity index (χ1) is 8.51. The van der Waals surface area contributed by atoms with E-state index in [0.29, 0.717) is 6.61 Å². The number of aliphatic hydroxyl groups excluding tert-OH is 3. The lowest BCUT2D eigenvalue weighted by molar-refractivity contribution is -0.270. The van der Waals surface area contributed by atoms with Gasteiger partial charge in [0.2, 0.25) is 5.91 Å². The molecule has 0 spiro atoms. The molecule has 0 bridgehead atoms. The minimum Gasteiger partial charge on any atom is -0.394 e. The molecule has 0 aliphatic carbocycles. The van der Waals surface area contributed by atoms with Gasteiger partial charge in [-0.3, -0.25) is 4.79 Å². The predicted octanol–water partition coefficient (Wildman–Crippen LogP) is -1.64. The average Bonchev–Trinajstić information content (AvgIpc) is 2.33. The molecule has 1 heterocycles. The fourth-order valence-corrected chi connectivity index (χ4v) is 1.85. The van der Waals surface area contributed by atoms with Gasteiger partial charge in [-0.05, 0) is 6.42 Å². The van der Waals surface area contributed by atoms with Crippen LogP contribution in [0, 0.1) is 0 Å². The van der Waals surface area contributed by atoms with Crippen LogP contribution in [0.3, 0.4) is 0 Å². The van der Waals surface area contributed by atoms with Gasteiger partial charge in [-0.1, -0.05) is 6.92 Å². The quantitative estimate of drug-likeness (QED) is 0.473. The SMILES string of the molecule is CCCO[C@@H]1O[C@H](CO)[C@@H](O)[C@H](O)[C@@H]1NC(C)=O. The zero-order chi connectivity index (χ0) is 13.7. The molecule has 0 aromatic carbocycles. The Balaban J connectivity index is 2.76. The maximum Gasteiger partial charge on any atom is 0.217 e. The molecule has 4 N–H and O–H groups in total. The maximum absolute atomic E-state index is 11.1. The number of carbonyl (C=O) groups excluding carboxylic acids is 1. The molecule has 106 valence electrons. The van der Waals surface area contributed by atoms with Crippen LogP contribution in [0.15, 0.2) is 0 Å². The van der Waals surface area contributed by atoms with Gasteiger partial charge in [0.15, 0.2) is 6.29 Å². The van der Waals surface area contributed by atoms with E-state index >= 15 is 0 Å². The van der Waals surface area contributed by atoms with E-state index in [-0.39, 0.29) is 5.91 Å². The fraction of sp³-hybridized carbons (Fsp3) is 0.909. The molecule has 1 aliphatic rings. The molecule has 0 aromatic heterocycles. The molecule has 1 amide bonds. The van der Waals surface area contributed by atoms with Crippen molar-refractivity contribution >= 4 is 5.91 Å². The van der Waals surface area contributed by atoms with E-state index in [1.54, 1.807) is 0 Å². The zero-order valence-corrected chi connectivity index (χ0v) is 10.6. The Bertz CT molecular complexity index is 274. The molecular formula is C11H21NO6. The molecule has 7 heteroatoms. The van der Waals surface area contributed by atoms with Crippen molar-refractivity contribution in [1.82, 2.24) is 5.32 Å². The van der Waals surface area contributed by atoms with E-state index in [1.807, 2.05) is 6.92 Å². The normalized spacial score (nSPS) is 36.4. The molecule has 1 aliphatic heterocycles. The summed E-state index contributed by atoms with van der Waals surface area (Å²) in [6, 6.07) is -0.855. The predicted molar refractivity (Wildman–Crippen MR) is 61.6 cm³/mol. The molecular weight excluding hydrogens is 242 g/mol. The minimum absolute atomic E-state index is 0.359. The van der Waals surface area contributed by atoms with Gasteiger partial charge in [-0.15, -0.1) is 0 Å². The first-order valence-corrected chi connectivity index (χ1v) is 6.02. The van der Waals surface area contributed by atoms with Crippen LogP contribution in [0.25, 0.3) is 0 Å². The van der Waals surface area contributed by atoms with Crippen LogP contribution in [0.4, 0.5) is 0 Å². The van der Waals surface area contributed by atoms with Gasteiger partial charge in [0.25, 0.3) is 0 Å². The zero-order valence-electron chi connectivity index (χ0n) is 10.6. The van der Waals surface area contributed by atoms with Crippen molar-refractivity contribution < 1.29 is 29.6 Å². The molecule has 5 atom stereocenters. The average molecular weight is 263 g/mol. The lowest BCUT2D eigenvalue weighted by atomic mass is 9.97. The number of hydrogen-bond donors (Lipinski definition) is 4. The van der Waals surface area contributed by atoms with E-state index in [9.17, 15) is 15.0 Å². The van der Waals surface area contributed by atoms with Crippen LogP contribution < -0.4 is 5.32 Å². The van der Waals surface area contributed by atoms with Crippen molar-refractivity contribution in [2.75, 3.05) is 13.2 Å². The third kappa shape index (κ3) is 3.63. The van der Waals surface area contributed by atoms with Gasteiger partial charge in [0, 0.05) is 13.5 Å². The summed E-state index contributed by atoms with van der Waals surface area (Å²) in [4.78, 5) is 11.1. The van der Waals surface area contributed by atoms with E-state index in [4.69, 9.17) is 14.6 Å². The second-order valence-electron chi connectivity index (χ2n) is 4.30. The molecule has 0 radical (unpaired) electrons. The van der Waals surface area contributed by atoms with Crippen molar-refractivity contribution in [3.8, 4) is 0 Å². The van der Waals surface area contributed by atoms with Crippen LogP contribution >= 0.6 is 0 Å². The first-order valence-electron chi connectivity index (χ1n) is 6.02. The summed E-state index contributed by atoms with van der Waals surface area (Å²) in [6.45, 7) is 3.16. The number of rotatable bonds is 5. The largest absolute Gasteiger partial charge is 0.394 e. The Morgan fingerprint density at radius 3 is 2.56 bits per heavy atom. The standard InChI is InChI=1S/C11H21NO6/c1-3-4-17-11-8(12-6(2)14)10(16)9(15)7(5-13)18-11/h7-11,13,15-16H,3-5H2,1-2H3,(H,12,14)/t7-,8+,9-,10-,11-/m1/s1. The van der Waals surface area contributed by atoms with E-state index < -0.39 is 37.3 Å². The molecule has 18 heavy (non-hydrogen) atoms. The third-order valence-electron chi connectivity index (χ3n) is 2.74. The Kier molecular flexibility index (Phi) is 5.97. The number of carbonyl (C=O) groups is 1. The van der Waals surface area contributed by atoms with E-state index in [0.717, 1.165) is 6.42 Å². The van der Waals surface area contributed by atoms with Crippen LogP contribution in [-0.2, 0) is 14.3 Å². The number of hydrogen-bond acceptors (Lipinski definition) is 6. The highest BCUT2D eigenvalue weighted by Gasteiger charge is 2.45. The third-order valence-corrected chi connectivity index (χ3v) is 2.74. The Morgan fingerprint density at radius 1 is 1.39 bits per heavy atom. The van der Waals surface area contributed by atoms with Crippen LogP contribution in [-0.4, -0.2) is 65.1 Å². The van der Waals surface area contributed by atoms with Gasteiger partial charge < -0.3 is 30.1 Å². The Labute approximate surface area is 106 Å². The highest BCUT2D eigenvalue weighted by molar-refractivity contribution is 5.73. The van der Waals surface area contributed by atoms with Crippen molar-refractivity contribution in [3.63, 3.8) is 0 Å². The monoisotopic (exact) mass is 263 g/mol. The summed E-state index contributed by atoms with van der Waals surface area (Å²) in [6.07, 6.45) is -3.58. The van der Waals surface area contributed by atoms with Crippen LogP contribution in [0.5, 0.6) is 0 Å². The summed E-state index contributed by atoms with van der Waals surface area (Å²) in [7, 11) is 0. The summed E-state index contributed by atoms with van der Waals surface area (Å²) in [5.74, 6) is -0.359. The summed E-state index contributed by atoms with van der Waals surface area (Å²) in [5.41, 5.74) is 0. The van der Waals surface area contributed by atoms with Gasteiger partial charge in [-0.2, -0.15) is 0 Å². The minimum atomic E-state index is -1.27. The molecule has 0 unspecified atom stereocenters. The summed E-state index contributed by atoms with van der Waals surface area (Å²) in [5, 5.41) is 31.2. The van der Waals surface area contributed by atoms with Crippen molar-refractivity contribution in [1.29, 1.82) is 0 Å². The molecule has 1 rings (SSSR count). The molecule has 1 saturated heterocycles. The fourth-order valence-electron chi connectivity index (χ4n) is 1.85. The number of nitrogens with one attached hydrogen (secondary N) is 1. The maximum atomic E-state index is 11.1. The van der Waals surface area contributed by atoms with Crippen molar-refractivity contribution in [2.45, 2.75) is 50.9 Å². The second-order valence-corrected chi connectivity index (χ2v) is 4.30. The van der Waals surface area contributed by atoms with Gasteiger partial charge >= 0.3 is 0 Å². The van der Waals surface area contributed by atoms with Gasteiger partial charge in [0.1, 0.15) is 24.4 Å². The van der Waals surface area contributed by atoms with E-state index in [2.05, 4.69) is 5.32 Å². The number of amides is 1. The van der Waals surface area contributed by atoms with Crippen molar-refractivity contribution in [3.05, 3.63) is 0 Å². The van der Waals surface area contributed by atoms with Crippen molar-refractivity contribution in [2.24, 2.45) is 0 Å². The molecule has 0 saturated carbocycles. The Hall–Kier alpha value is -0.730. The topological polar surface area (TPSA) is 108 Å². The number of ether oxygens (including phenoxy) is 2. The first kappa shape index (κ1) is 15.3. The summed E-state index contributed by atoms with van der Waals surface area (Å²) < 4.78 is 10.7. The highest BCUT2D eigenvalue weighted by atomic mass is 16.7. The van der Waals surface area contributed by atoms with Crippen LogP contribution in [0.2, 0.25) is 0 Å². The highest BCUT2D eigenvalue weighted by Crippen LogP contribution is 2.22. The van der Waals surface area contributed by atoms with Crippen LogP contribution in [0.1, 0.15) is 20.3 Å². The second kappa shape index (κ2) is 7.01. The molecule has 0 aromatic rings. The van der Waals surface area contributed by atoms with Gasteiger partial charge in [0.05, 0.1) is 6.61 Å². The van der Waals surface area contributed by atoms with Gasteiger partial charge in [-0.25, -0.2) is 0 Å². The Morgan fingerprint density at radius 2 is 2.06 bits per heavy atom. The number of aliphatic hydroxyl groups is 3. The smallest absolute Gasteiger partial charge is 0.217 e.